The topological polar surface area (TPSA) is 42.4 Å². The first-order valence-corrected chi connectivity index (χ1v) is 9.75. The number of aliphatic hydroxyl groups is 1. The van der Waals surface area contributed by atoms with Crippen molar-refractivity contribution in [2.75, 3.05) is 6.61 Å². The van der Waals surface area contributed by atoms with E-state index in [1.807, 2.05) is 6.07 Å². The van der Waals surface area contributed by atoms with Crippen molar-refractivity contribution in [2.45, 2.75) is 70.6 Å². The monoisotopic (exact) mass is 383 g/mol. The maximum Gasteiger partial charge on any atom is 0.573 e. The van der Waals surface area contributed by atoms with Crippen LogP contribution in [0.5, 0.6) is 5.75 Å². The van der Waals surface area contributed by atoms with Gasteiger partial charge in [-0.05, 0) is 31.4 Å². The number of alkyl halides is 3. The summed E-state index contributed by atoms with van der Waals surface area (Å²) in [7, 11) is 0. The lowest BCUT2D eigenvalue weighted by Gasteiger charge is -2.11. The highest BCUT2D eigenvalue weighted by molar-refractivity contribution is 5.84. The van der Waals surface area contributed by atoms with E-state index in [-0.39, 0.29) is 17.9 Å². The normalized spacial score (nSPS) is 11.9. The minimum Gasteiger partial charge on any atom is -0.403 e. The number of hydrogen-bond acceptors (Lipinski definition) is 3. The summed E-state index contributed by atoms with van der Waals surface area (Å²) in [5.74, 6) is -0.247. The number of ether oxygens (including phenoxy) is 1. The van der Waals surface area contributed by atoms with Crippen LogP contribution in [0, 0.1) is 0 Å². The third kappa shape index (κ3) is 8.16. The van der Waals surface area contributed by atoms with E-state index < -0.39 is 6.36 Å². The molecule has 1 N–H and O–H groups in total. The summed E-state index contributed by atoms with van der Waals surface area (Å²) >= 11 is 0. The highest BCUT2D eigenvalue weighted by Crippen LogP contribution is 2.29. The Morgan fingerprint density at radius 1 is 0.815 bits per heavy atom. The Balaban J connectivity index is 1.76. The fourth-order valence-corrected chi connectivity index (χ4v) is 3.16. The van der Waals surface area contributed by atoms with Crippen LogP contribution < -0.4 is 4.74 Å². The van der Waals surface area contributed by atoms with E-state index in [2.05, 4.69) is 9.72 Å². The first-order valence-electron chi connectivity index (χ1n) is 9.75. The zero-order valence-electron chi connectivity index (χ0n) is 15.6. The van der Waals surface area contributed by atoms with E-state index in [9.17, 15) is 13.2 Å². The number of aromatic nitrogens is 1. The Bertz CT molecular complexity index is 689. The van der Waals surface area contributed by atoms with Gasteiger partial charge < -0.3 is 9.84 Å². The lowest BCUT2D eigenvalue weighted by molar-refractivity contribution is -0.274. The van der Waals surface area contributed by atoms with Gasteiger partial charge in [0.15, 0.2) is 5.75 Å². The Kier molecular flexibility index (Phi) is 8.85. The van der Waals surface area contributed by atoms with Crippen molar-refractivity contribution in [2.24, 2.45) is 0 Å². The van der Waals surface area contributed by atoms with Crippen molar-refractivity contribution in [1.29, 1.82) is 0 Å². The molecule has 0 saturated carbocycles. The van der Waals surface area contributed by atoms with Crippen LogP contribution in [-0.2, 0) is 6.42 Å². The molecule has 1 aromatic carbocycles. The Labute approximate surface area is 158 Å². The molecule has 150 valence electrons. The van der Waals surface area contributed by atoms with Gasteiger partial charge in [-0.25, -0.2) is 4.98 Å². The fourth-order valence-electron chi connectivity index (χ4n) is 3.16. The van der Waals surface area contributed by atoms with Crippen LogP contribution in [0.25, 0.3) is 10.9 Å². The summed E-state index contributed by atoms with van der Waals surface area (Å²) in [6.07, 6.45) is 6.09. The second-order valence-electron chi connectivity index (χ2n) is 6.83. The largest absolute Gasteiger partial charge is 0.573 e. The molecule has 2 rings (SSSR count). The number of hydrogen-bond donors (Lipinski definition) is 1. The van der Waals surface area contributed by atoms with Crippen LogP contribution in [0.15, 0.2) is 30.3 Å². The maximum atomic E-state index is 12.5. The van der Waals surface area contributed by atoms with Crippen LogP contribution >= 0.6 is 0 Å². The summed E-state index contributed by atoms with van der Waals surface area (Å²) in [6.45, 7) is 0.284. The average molecular weight is 383 g/mol. The van der Waals surface area contributed by atoms with Crippen molar-refractivity contribution < 1.29 is 23.0 Å². The summed E-state index contributed by atoms with van der Waals surface area (Å²) in [5, 5.41) is 9.36. The van der Waals surface area contributed by atoms with Crippen LogP contribution in [0.4, 0.5) is 13.2 Å². The molecule has 0 aliphatic heterocycles. The Hall–Kier alpha value is -1.82. The molecule has 0 radical (unpaired) electrons. The van der Waals surface area contributed by atoms with Crippen molar-refractivity contribution in [3.05, 3.63) is 36.0 Å². The van der Waals surface area contributed by atoms with Crippen LogP contribution in [0.1, 0.15) is 63.5 Å². The summed E-state index contributed by atoms with van der Waals surface area (Å²) in [6, 6.07) is 8.24. The molecule has 0 bridgehead atoms. The number of aliphatic hydroxyl groups excluding tert-OH is 1. The van der Waals surface area contributed by atoms with Gasteiger partial charge >= 0.3 is 6.36 Å². The smallest absolute Gasteiger partial charge is 0.403 e. The van der Waals surface area contributed by atoms with E-state index in [1.54, 1.807) is 12.1 Å². The van der Waals surface area contributed by atoms with Crippen LogP contribution in [0.2, 0.25) is 0 Å². The van der Waals surface area contributed by atoms with Crippen molar-refractivity contribution in [3.8, 4) is 5.75 Å². The molecule has 0 aliphatic rings. The van der Waals surface area contributed by atoms with E-state index in [0.717, 1.165) is 44.2 Å². The number of para-hydroxylation sites is 1. The second kappa shape index (κ2) is 11.1. The molecule has 3 nitrogen and oxygen atoms in total. The minimum atomic E-state index is -4.72. The lowest BCUT2D eigenvalue weighted by atomic mass is 10.1. The zero-order valence-corrected chi connectivity index (χ0v) is 15.6. The minimum absolute atomic E-state index is 0.247. The molecular weight excluding hydrogens is 355 g/mol. The van der Waals surface area contributed by atoms with Gasteiger partial charge in [-0.15, -0.1) is 13.2 Å². The molecule has 6 heteroatoms. The van der Waals surface area contributed by atoms with E-state index in [4.69, 9.17) is 5.11 Å². The van der Waals surface area contributed by atoms with Gasteiger partial charge in [0, 0.05) is 17.7 Å². The fraction of sp³-hybridized carbons (Fsp3) is 0.571. The van der Waals surface area contributed by atoms with Crippen molar-refractivity contribution in [1.82, 2.24) is 4.98 Å². The molecule has 0 amide bonds. The SMILES string of the molecule is OCCCCCCCCCCCc1ccc2cccc(OC(F)(F)F)c2n1. The summed E-state index contributed by atoms with van der Waals surface area (Å²) in [4.78, 5) is 4.39. The van der Waals surface area contributed by atoms with Crippen molar-refractivity contribution in [3.63, 3.8) is 0 Å². The summed E-state index contributed by atoms with van der Waals surface area (Å²) < 4.78 is 41.7. The molecule has 0 fully saturated rings. The van der Waals surface area contributed by atoms with E-state index >= 15 is 0 Å². The van der Waals surface area contributed by atoms with Gasteiger partial charge in [0.25, 0.3) is 0 Å². The first kappa shape index (κ1) is 21.5. The van der Waals surface area contributed by atoms with E-state index in [0.29, 0.717) is 5.39 Å². The second-order valence-corrected chi connectivity index (χ2v) is 6.83. The standard InChI is InChI=1S/C21H28F3NO2/c22-21(23,24)27-19-13-10-11-17-14-15-18(25-20(17)19)12-8-6-4-2-1-3-5-7-9-16-26/h10-11,13-15,26H,1-9,12,16H2. The number of nitrogens with zero attached hydrogens (tertiary/aromatic N) is 1. The quantitative estimate of drug-likeness (QED) is 0.445. The van der Waals surface area contributed by atoms with E-state index in [1.165, 1.54) is 37.8 Å². The van der Waals surface area contributed by atoms with Gasteiger partial charge in [-0.1, -0.05) is 63.1 Å². The molecule has 27 heavy (non-hydrogen) atoms. The summed E-state index contributed by atoms with van der Waals surface area (Å²) in [5.41, 5.74) is 1.06. The third-order valence-electron chi connectivity index (χ3n) is 4.56. The number of benzene rings is 1. The molecule has 2 aromatic rings. The predicted octanol–water partition coefficient (Wildman–Crippen LogP) is 6.18. The Morgan fingerprint density at radius 3 is 2.07 bits per heavy atom. The number of aryl methyl sites for hydroxylation is 1. The Morgan fingerprint density at radius 2 is 1.44 bits per heavy atom. The van der Waals surface area contributed by atoms with Gasteiger partial charge in [0.1, 0.15) is 5.52 Å². The number of rotatable bonds is 12. The maximum absolute atomic E-state index is 12.5. The molecule has 1 heterocycles. The van der Waals surface area contributed by atoms with Gasteiger partial charge in [-0.2, -0.15) is 0 Å². The highest BCUT2D eigenvalue weighted by Gasteiger charge is 2.32. The van der Waals surface area contributed by atoms with Crippen LogP contribution in [0.3, 0.4) is 0 Å². The highest BCUT2D eigenvalue weighted by atomic mass is 19.4. The first-order chi connectivity index (χ1) is 13.0. The molecule has 0 atom stereocenters. The number of fused-ring (bicyclic) bond motifs is 1. The lowest BCUT2D eigenvalue weighted by Crippen LogP contribution is -2.17. The van der Waals surface area contributed by atoms with Gasteiger partial charge in [0.2, 0.25) is 0 Å². The molecule has 1 aromatic heterocycles. The molecule has 0 unspecified atom stereocenters. The zero-order chi connectivity index (χ0) is 19.5. The average Bonchev–Trinajstić information content (AvgIpc) is 2.62. The predicted molar refractivity (Wildman–Crippen MR) is 101 cm³/mol. The van der Waals surface area contributed by atoms with Gasteiger partial charge in [0.05, 0.1) is 0 Å². The molecule has 0 spiro atoms. The number of halogens is 3. The molecule has 0 aliphatic carbocycles. The molecule has 0 saturated heterocycles. The van der Waals surface area contributed by atoms with Crippen LogP contribution in [-0.4, -0.2) is 23.1 Å². The van der Waals surface area contributed by atoms with Crippen molar-refractivity contribution >= 4 is 10.9 Å². The number of unbranched alkanes of at least 4 members (excludes halogenated alkanes) is 8. The third-order valence-corrected chi connectivity index (χ3v) is 4.56. The van der Waals surface area contributed by atoms with Gasteiger partial charge in [-0.3, -0.25) is 0 Å². The molecular formula is C21H28F3NO2. The number of pyridine rings is 1.